The first-order valence-electron chi connectivity index (χ1n) is 5.53. The molecule has 0 aliphatic carbocycles. The highest BCUT2D eigenvalue weighted by Gasteiger charge is 2.14. The quantitative estimate of drug-likeness (QED) is 0.820. The van der Waals surface area contributed by atoms with Crippen LogP contribution in [-0.4, -0.2) is 32.1 Å². The summed E-state index contributed by atoms with van der Waals surface area (Å²) in [6.45, 7) is 1.97. The molecule has 0 aliphatic heterocycles. The van der Waals surface area contributed by atoms with Gasteiger partial charge in [-0.25, -0.2) is 4.68 Å². The second kappa shape index (κ2) is 4.97. The lowest BCUT2D eigenvalue weighted by Gasteiger charge is -2.03. The van der Waals surface area contributed by atoms with E-state index in [-0.39, 0.29) is 6.42 Å². The van der Waals surface area contributed by atoms with Crippen LogP contribution in [0, 0.1) is 6.92 Å². The Kier molecular flexibility index (Phi) is 3.38. The van der Waals surface area contributed by atoms with E-state index in [1.54, 1.807) is 10.9 Å². The fourth-order valence-electron chi connectivity index (χ4n) is 1.64. The van der Waals surface area contributed by atoms with Gasteiger partial charge in [0.05, 0.1) is 17.6 Å². The number of rotatable bonds is 4. The molecule has 0 amide bonds. The first-order valence-corrected chi connectivity index (χ1v) is 5.53. The number of hydrogen-bond donors (Lipinski definition) is 2. The Morgan fingerprint density at radius 3 is 2.89 bits per heavy atom. The van der Waals surface area contributed by atoms with Crippen molar-refractivity contribution >= 4 is 5.97 Å². The number of aryl methyl sites for hydroxylation is 1. The highest BCUT2D eigenvalue weighted by molar-refractivity contribution is 5.73. The van der Waals surface area contributed by atoms with Gasteiger partial charge in [-0.1, -0.05) is 23.4 Å². The molecule has 1 unspecified atom stereocenters. The molecule has 1 atom stereocenters. The molecular weight excluding hydrogens is 232 g/mol. The van der Waals surface area contributed by atoms with Crippen molar-refractivity contribution in [3.8, 4) is 5.69 Å². The number of nitrogens with two attached hydrogens (primary N) is 1. The van der Waals surface area contributed by atoms with Crippen LogP contribution in [-0.2, 0) is 11.2 Å². The summed E-state index contributed by atoms with van der Waals surface area (Å²) < 4.78 is 1.62. The average molecular weight is 246 g/mol. The fraction of sp³-hybridized carbons (Fsp3) is 0.250. The Bertz CT molecular complexity index is 565. The van der Waals surface area contributed by atoms with Crippen molar-refractivity contribution in [3.05, 3.63) is 41.7 Å². The molecule has 0 fully saturated rings. The molecule has 6 heteroatoms. The van der Waals surface area contributed by atoms with E-state index in [4.69, 9.17) is 10.8 Å². The summed E-state index contributed by atoms with van der Waals surface area (Å²) in [7, 11) is 0. The molecule has 1 aromatic carbocycles. The van der Waals surface area contributed by atoms with E-state index in [1.807, 2.05) is 31.2 Å². The van der Waals surface area contributed by atoms with Crippen molar-refractivity contribution in [1.29, 1.82) is 0 Å². The summed E-state index contributed by atoms with van der Waals surface area (Å²) in [6, 6.07) is 6.79. The zero-order valence-corrected chi connectivity index (χ0v) is 9.95. The van der Waals surface area contributed by atoms with Crippen molar-refractivity contribution in [2.24, 2.45) is 5.73 Å². The summed E-state index contributed by atoms with van der Waals surface area (Å²) in [5.41, 5.74) is 8.00. The number of aliphatic carboxylic acids is 1. The van der Waals surface area contributed by atoms with Crippen LogP contribution in [0.2, 0.25) is 0 Å². The predicted octanol–water partition coefficient (Wildman–Crippen LogP) is 0.530. The smallest absolute Gasteiger partial charge is 0.320 e. The van der Waals surface area contributed by atoms with Crippen LogP contribution in [0.4, 0.5) is 0 Å². The molecule has 1 heterocycles. The van der Waals surface area contributed by atoms with Gasteiger partial charge in [0, 0.05) is 6.42 Å². The molecule has 1 aromatic heterocycles. The van der Waals surface area contributed by atoms with Gasteiger partial charge in [0.2, 0.25) is 0 Å². The minimum absolute atomic E-state index is 0.168. The van der Waals surface area contributed by atoms with Gasteiger partial charge >= 0.3 is 5.97 Å². The van der Waals surface area contributed by atoms with Crippen LogP contribution in [0.25, 0.3) is 5.69 Å². The Labute approximate surface area is 104 Å². The van der Waals surface area contributed by atoms with Gasteiger partial charge in [0.1, 0.15) is 6.04 Å². The first-order chi connectivity index (χ1) is 8.58. The summed E-state index contributed by atoms with van der Waals surface area (Å²) in [5.74, 6) is -1.04. The molecule has 0 saturated heterocycles. The lowest BCUT2D eigenvalue weighted by atomic mass is 10.2. The van der Waals surface area contributed by atoms with Crippen molar-refractivity contribution in [2.75, 3.05) is 0 Å². The number of carbonyl (C=O) groups is 1. The van der Waals surface area contributed by atoms with Gasteiger partial charge in [-0.2, -0.15) is 0 Å². The summed E-state index contributed by atoms with van der Waals surface area (Å²) in [5, 5.41) is 16.6. The third-order valence-electron chi connectivity index (χ3n) is 2.65. The minimum atomic E-state index is -1.04. The second-order valence-corrected chi connectivity index (χ2v) is 4.09. The summed E-state index contributed by atoms with van der Waals surface area (Å²) in [4.78, 5) is 10.7. The molecule has 6 nitrogen and oxygen atoms in total. The third-order valence-corrected chi connectivity index (χ3v) is 2.65. The number of aromatic nitrogens is 3. The van der Waals surface area contributed by atoms with Crippen LogP contribution in [0.1, 0.15) is 11.3 Å². The Balaban J connectivity index is 2.21. The van der Waals surface area contributed by atoms with Gasteiger partial charge in [-0.15, -0.1) is 5.10 Å². The number of benzene rings is 1. The number of carboxylic acid groups (broad SMARTS) is 1. The van der Waals surface area contributed by atoms with Gasteiger partial charge < -0.3 is 10.8 Å². The normalized spacial score (nSPS) is 12.3. The Morgan fingerprint density at radius 2 is 2.22 bits per heavy atom. The number of carboxylic acids is 1. The molecule has 0 aliphatic rings. The van der Waals surface area contributed by atoms with Crippen molar-refractivity contribution in [3.63, 3.8) is 0 Å². The molecular formula is C12H14N4O2. The molecule has 2 rings (SSSR count). The van der Waals surface area contributed by atoms with E-state index in [9.17, 15) is 4.79 Å². The topological polar surface area (TPSA) is 94.0 Å². The zero-order chi connectivity index (χ0) is 13.1. The standard InChI is InChI=1S/C12H14N4O2/c1-8-4-2-3-5-11(8)16-7-9(14-15-16)6-10(13)12(17)18/h2-5,7,10H,6,13H2,1H3,(H,17,18). The SMILES string of the molecule is Cc1ccccc1-n1cc(CC(N)C(=O)O)nn1. The van der Waals surface area contributed by atoms with Gasteiger partial charge in [-0.3, -0.25) is 4.79 Å². The third kappa shape index (κ3) is 2.54. The zero-order valence-electron chi connectivity index (χ0n) is 9.95. The average Bonchev–Trinajstić information content (AvgIpc) is 2.77. The molecule has 2 aromatic rings. The predicted molar refractivity (Wildman–Crippen MR) is 65.4 cm³/mol. The largest absolute Gasteiger partial charge is 0.480 e. The molecule has 94 valence electrons. The number of nitrogens with zero attached hydrogens (tertiary/aromatic N) is 3. The first kappa shape index (κ1) is 12.3. The number of para-hydroxylation sites is 1. The molecule has 0 saturated carbocycles. The van der Waals surface area contributed by atoms with Crippen molar-refractivity contribution in [2.45, 2.75) is 19.4 Å². The van der Waals surface area contributed by atoms with E-state index in [0.29, 0.717) is 5.69 Å². The fourth-order valence-corrected chi connectivity index (χ4v) is 1.64. The number of hydrogen-bond acceptors (Lipinski definition) is 4. The molecule has 0 spiro atoms. The second-order valence-electron chi connectivity index (χ2n) is 4.09. The Hall–Kier alpha value is -2.21. The van der Waals surface area contributed by atoms with E-state index in [2.05, 4.69) is 10.3 Å². The van der Waals surface area contributed by atoms with Gasteiger partial charge in [-0.05, 0) is 18.6 Å². The van der Waals surface area contributed by atoms with Crippen LogP contribution >= 0.6 is 0 Å². The maximum Gasteiger partial charge on any atom is 0.320 e. The summed E-state index contributed by atoms with van der Waals surface area (Å²) >= 11 is 0. The van der Waals surface area contributed by atoms with Gasteiger partial charge in [0.15, 0.2) is 0 Å². The van der Waals surface area contributed by atoms with E-state index >= 15 is 0 Å². The molecule has 0 radical (unpaired) electrons. The van der Waals surface area contributed by atoms with Gasteiger partial charge in [0.25, 0.3) is 0 Å². The van der Waals surface area contributed by atoms with Crippen LogP contribution in [0.3, 0.4) is 0 Å². The Morgan fingerprint density at radius 1 is 1.50 bits per heavy atom. The molecule has 18 heavy (non-hydrogen) atoms. The summed E-state index contributed by atoms with van der Waals surface area (Å²) in [6.07, 6.45) is 1.87. The lowest BCUT2D eigenvalue weighted by Crippen LogP contribution is -2.32. The van der Waals surface area contributed by atoms with Crippen LogP contribution in [0.15, 0.2) is 30.5 Å². The minimum Gasteiger partial charge on any atom is -0.480 e. The van der Waals surface area contributed by atoms with E-state index in [1.165, 1.54) is 0 Å². The van der Waals surface area contributed by atoms with Crippen LogP contribution in [0.5, 0.6) is 0 Å². The molecule has 0 bridgehead atoms. The molecule has 3 N–H and O–H groups in total. The van der Waals surface area contributed by atoms with E-state index in [0.717, 1.165) is 11.3 Å². The van der Waals surface area contributed by atoms with Crippen LogP contribution < -0.4 is 5.73 Å². The maximum atomic E-state index is 10.7. The lowest BCUT2D eigenvalue weighted by molar-refractivity contribution is -0.138. The van der Waals surface area contributed by atoms with E-state index < -0.39 is 12.0 Å². The highest BCUT2D eigenvalue weighted by atomic mass is 16.4. The highest BCUT2D eigenvalue weighted by Crippen LogP contribution is 2.12. The van der Waals surface area contributed by atoms with Crippen molar-refractivity contribution < 1.29 is 9.90 Å². The maximum absolute atomic E-state index is 10.7. The monoisotopic (exact) mass is 246 g/mol. The van der Waals surface area contributed by atoms with Crippen molar-refractivity contribution in [1.82, 2.24) is 15.0 Å².